The van der Waals surface area contributed by atoms with Crippen molar-refractivity contribution in [2.45, 2.75) is 18.9 Å². The minimum Gasteiger partial charge on any atom is -0.497 e. The molecule has 1 heterocycles. The van der Waals surface area contributed by atoms with E-state index in [9.17, 15) is 0 Å². The van der Waals surface area contributed by atoms with Crippen molar-refractivity contribution in [3.8, 4) is 5.75 Å². The lowest BCUT2D eigenvalue weighted by atomic mass is 10.0. The summed E-state index contributed by atoms with van der Waals surface area (Å²) in [5.74, 6) is 0.899. The van der Waals surface area contributed by atoms with Crippen molar-refractivity contribution < 1.29 is 4.74 Å². The van der Waals surface area contributed by atoms with Crippen molar-refractivity contribution in [2.24, 2.45) is 5.73 Å². The first kappa shape index (κ1) is 13.8. The van der Waals surface area contributed by atoms with Gasteiger partial charge in [0.05, 0.1) is 9.99 Å². The lowest BCUT2D eigenvalue weighted by molar-refractivity contribution is 0.414. The van der Waals surface area contributed by atoms with E-state index in [-0.39, 0.29) is 6.04 Å². The first-order chi connectivity index (χ1) is 8.69. The molecule has 1 aromatic carbocycles. The molecular weight excluding hydrogens is 357 g/mol. The molecule has 1 atom stereocenters. The molecule has 96 valence electrons. The second kappa shape index (κ2) is 6.54. The normalized spacial score (nSPS) is 12.4. The van der Waals surface area contributed by atoms with Gasteiger partial charge in [0, 0.05) is 6.04 Å². The molecule has 0 fully saturated rings. The van der Waals surface area contributed by atoms with Gasteiger partial charge in [-0.1, -0.05) is 12.1 Å². The molecule has 1 aromatic heterocycles. The van der Waals surface area contributed by atoms with Crippen molar-refractivity contribution in [1.82, 2.24) is 0 Å². The van der Waals surface area contributed by atoms with E-state index in [0.29, 0.717) is 0 Å². The first-order valence-corrected chi connectivity index (χ1v) is 7.77. The third-order valence-corrected chi connectivity index (χ3v) is 4.73. The third kappa shape index (κ3) is 3.70. The summed E-state index contributed by atoms with van der Waals surface area (Å²) in [6, 6.07) is 10.5. The summed E-state index contributed by atoms with van der Waals surface area (Å²) >= 11 is 4.08. The van der Waals surface area contributed by atoms with Crippen molar-refractivity contribution in [3.63, 3.8) is 0 Å². The number of hydrogen-bond acceptors (Lipinski definition) is 3. The molecule has 2 N–H and O–H groups in total. The molecule has 18 heavy (non-hydrogen) atoms. The Kier molecular flexibility index (Phi) is 5.03. The zero-order valence-corrected chi connectivity index (χ0v) is 13.2. The molecule has 0 aliphatic carbocycles. The highest BCUT2D eigenvalue weighted by Crippen LogP contribution is 2.24. The van der Waals surface area contributed by atoms with Gasteiger partial charge in [0.1, 0.15) is 5.75 Å². The fourth-order valence-corrected chi connectivity index (χ4v) is 3.24. The van der Waals surface area contributed by atoms with Crippen molar-refractivity contribution >= 4 is 33.9 Å². The third-order valence-electron chi connectivity index (χ3n) is 2.92. The van der Waals surface area contributed by atoms with Crippen LogP contribution in [0.25, 0.3) is 0 Å². The topological polar surface area (TPSA) is 35.2 Å². The van der Waals surface area contributed by atoms with E-state index in [1.165, 1.54) is 14.0 Å². The monoisotopic (exact) mass is 373 g/mol. The maximum Gasteiger partial charge on any atom is 0.118 e. The summed E-state index contributed by atoms with van der Waals surface area (Å²) in [5.41, 5.74) is 8.74. The zero-order valence-electron chi connectivity index (χ0n) is 10.2. The molecular formula is C14H16INOS. The van der Waals surface area contributed by atoms with E-state index in [1.807, 2.05) is 12.1 Å². The lowest BCUT2D eigenvalue weighted by Crippen LogP contribution is -2.10. The van der Waals surface area contributed by atoms with Crippen LogP contribution in [0.15, 0.2) is 35.7 Å². The molecule has 0 saturated carbocycles. The second-order valence-electron chi connectivity index (χ2n) is 4.18. The van der Waals surface area contributed by atoms with Gasteiger partial charge in [0.25, 0.3) is 0 Å². The summed E-state index contributed by atoms with van der Waals surface area (Å²) in [5, 5.41) is 2.15. The van der Waals surface area contributed by atoms with E-state index in [1.54, 1.807) is 18.4 Å². The second-order valence-corrected chi connectivity index (χ2v) is 6.98. The van der Waals surface area contributed by atoms with Gasteiger partial charge in [-0.25, -0.2) is 0 Å². The summed E-state index contributed by atoms with van der Waals surface area (Å²) < 4.78 is 6.44. The molecule has 0 bridgehead atoms. The highest BCUT2D eigenvalue weighted by molar-refractivity contribution is 14.1. The number of rotatable bonds is 5. The molecule has 0 saturated heterocycles. The quantitative estimate of drug-likeness (QED) is 0.805. The average Bonchev–Trinajstić information content (AvgIpc) is 2.83. The minimum absolute atomic E-state index is 0.131. The zero-order chi connectivity index (χ0) is 13.0. The van der Waals surface area contributed by atoms with Crippen LogP contribution in [0.5, 0.6) is 5.75 Å². The molecule has 4 heteroatoms. The number of aryl methyl sites for hydroxylation is 1. The number of benzene rings is 1. The van der Waals surface area contributed by atoms with Crippen molar-refractivity contribution in [3.05, 3.63) is 49.7 Å². The summed E-state index contributed by atoms with van der Waals surface area (Å²) in [6.45, 7) is 0. The van der Waals surface area contributed by atoms with Crippen molar-refractivity contribution in [1.29, 1.82) is 0 Å². The van der Waals surface area contributed by atoms with E-state index in [4.69, 9.17) is 10.5 Å². The van der Waals surface area contributed by atoms with Gasteiger partial charge in [-0.15, -0.1) is 11.3 Å². The smallest absolute Gasteiger partial charge is 0.118 e. The molecule has 2 rings (SSSR count). The Bertz CT molecular complexity index is 495. The highest BCUT2D eigenvalue weighted by atomic mass is 127. The number of ether oxygens (including phenoxy) is 1. The Morgan fingerprint density at radius 2 is 2.06 bits per heavy atom. The van der Waals surface area contributed by atoms with Crippen LogP contribution < -0.4 is 10.5 Å². The summed E-state index contributed by atoms with van der Waals surface area (Å²) in [7, 11) is 1.68. The van der Waals surface area contributed by atoms with Crippen LogP contribution in [0, 0.1) is 2.88 Å². The van der Waals surface area contributed by atoms with Gasteiger partial charge in [0.2, 0.25) is 0 Å². The molecule has 0 spiro atoms. The molecule has 2 nitrogen and oxygen atoms in total. The number of hydrogen-bond donors (Lipinski definition) is 1. The summed E-state index contributed by atoms with van der Waals surface area (Å²) in [6.07, 6.45) is 1.97. The SMILES string of the molecule is COc1ccc(CCC(N)c2csc(I)c2)cc1. The number of halogens is 1. The van der Waals surface area contributed by atoms with Crippen LogP contribution in [0.1, 0.15) is 23.6 Å². The minimum atomic E-state index is 0.131. The van der Waals surface area contributed by atoms with Crippen molar-refractivity contribution in [2.75, 3.05) is 7.11 Å². The van der Waals surface area contributed by atoms with Crippen LogP contribution in [0.3, 0.4) is 0 Å². The predicted octanol–water partition coefficient (Wildman–Crippen LogP) is 3.99. The number of thiophene rings is 1. The van der Waals surface area contributed by atoms with Gasteiger partial charge in [0.15, 0.2) is 0 Å². The van der Waals surface area contributed by atoms with E-state index in [2.05, 4.69) is 46.2 Å². The van der Waals surface area contributed by atoms with Gasteiger partial charge >= 0.3 is 0 Å². The maximum atomic E-state index is 6.19. The largest absolute Gasteiger partial charge is 0.497 e. The Labute approximate surface area is 125 Å². The molecule has 0 aliphatic rings. The van der Waals surface area contributed by atoms with Crippen LogP contribution in [-0.2, 0) is 6.42 Å². The van der Waals surface area contributed by atoms with Crippen LogP contribution in [0.4, 0.5) is 0 Å². The van der Waals surface area contributed by atoms with Gasteiger partial charge in [-0.2, -0.15) is 0 Å². The number of nitrogens with two attached hydrogens (primary N) is 1. The Hall–Kier alpha value is -0.590. The average molecular weight is 373 g/mol. The number of methoxy groups -OCH3 is 1. The Morgan fingerprint density at radius 3 is 2.61 bits per heavy atom. The Balaban J connectivity index is 1.90. The highest BCUT2D eigenvalue weighted by Gasteiger charge is 2.08. The fraction of sp³-hybridized carbons (Fsp3) is 0.286. The summed E-state index contributed by atoms with van der Waals surface area (Å²) in [4.78, 5) is 0. The molecule has 1 unspecified atom stereocenters. The molecule has 0 aliphatic heterocycles. The van der Waals surface area contributed by atoms with Crippen LogP contribution in [-0.4, -0.2) is 7.11 Å². The lowest BCUT2D eigenvalue weighted by Gasteiger charge is -2.10. The standard InChI is InChI=1S/C14H16INOS/c1-17-12-5-2-10(3-6-12)4-7-13(16)11-8-14(15)18-9-11/h2-3,5-6,8-9,13H,4,7,16H2,1H3. The van der Waals surface area contributed by atoms with Gasteiger partial charge < -0.3 is 10.5 Å². The van der Waals surface area contributed by atoms with E-state index >= 15 is 0 Å². The van der Waals surface area contributed by atoms with Gasteiger partial charge in [-0.05, 0) is 70.1 Å². The van der Waals surface area contributed by atoms with Gasteiger partial charge in [-0.3, -0.25) is 0 Å². The Morgan fingerprint density at radius 1 is 1.33 bits per heavy atom. The fourth-order valence-electron chi connectivity index (χ4n) is 1.80. The molecule has 0 amide bonds. The first-order valence-electron chi connectivity index (χ1n) is 5.81. The van der Waals surface area contributed by atoms with Crippen LogP contribution in [0.2, 0.25) is 0 Å². The predicted molar refractivity (Wildman–Crippen MR) is 85.3 cm³/mol. The maximum absolute atomic E-state index is 6.19. The molecule has 0 radical (unpaired) electrons. The van der Waals surface area contributed by atoms with E-state index in [0.717, 1.165) is 18.6 Å². The van der Waals surface area contributed by atoms with Crippen LogP contribution >= 0.6 is 33.9 Å². The molecule has 2 aromatic rings. The van der Waals surface area contributed by atoms with E-state index < -0.39 is 0 Å².